The fourth-order valence-electron chi connectivity index (χ4n) is 2.36. The summed E-state index contributed by atoms with van der Waals surface area (Å²) in [7, 11) is 0. The molecule has 0 saturated heterocycles. The number of fused-ring (bicyclic) bond motifs is 1. The van der Waals surface area contributed by atoms with Crippen LogP contribution in [0, 0.1) is 5.82 Å². The van der Waals surface area contributed by atoms with Crippen LogP contribution in [0.2, 0.25) is 0 Å². The largest absolute Gasteiger partial charge is 0.506 e. The first-order valence-electron chi connectivity index (χ1n) is 7.48. The van der Waals surface area contributed by atoms with Crippen molar-refractivity contribution in [2.75, 3.05) is 11.9 Å². The minimum Gasteiger partial charge on any atom is -0.506 e. The van der Waals surface area contributed by atoms with E-state index in [1.807, 2.05) is 6.07 Å². The van der Waals surface area contributed by atoms with E-state index in [9.17, 15) is 19.1 Å². The van der Waals surface area contributed by atoms with Gasteiger partial charge in [-0.05, 0) is 35.7 Å². The van der Waals surface area contributed by atoms with Crippen molar-refractivity contribution in [2.45, 2.75) is 0 Å². The lowest BCUT2D eigenvalue weighted by atomic mass is 10.1. The Kier molecular flexibility index (Phi) is 4.61. The number of phenolic OH excluding ortho intramolecular Hbond substituents is 1. The second-order valence-corrected chi connectivity index (χ2v) is 5.31. The van der Waals surface area contributed by atoms with Gasteiger partial charge in [-0.2, -0.15) is 0 Å². The molecule has 0 aliphatic carbocycles. The van der Waals surface area contributed by atoms with E-state index < -0.39 is 24.3 Å². The summed E-state index contributed by atoms with van der Waals surface area (Å²) in [4.78, 5) is 23.9. The third-order valence-corrected chi connectivity index (χ3v) is 3.58. The number of esters is 1. The van der Waals surface area contributed by atoms with Crippen molar-refractivity contribution >= 4 is 28.3 Å². The van der Waals surface area contributed by atoms with Gasteiger partial charge >= 0.3 is 5.97 Å². The van der Waals surface area contributed by atoms with E-state index in [-0.39, 0.29) is 11.3 Å². The molecule has 2 N–H and O–H groups in total. The monoisotopic (exact) mass is 339 g/mol. The van der Waals surface area contributed by atoms with Gasteiger partial charge in [0.2, 0.25) is 0 Å². The average molecular weight is 339 g/mol. The molecule has 0 saturated carbocycles. The molecule has 3 aromatic rings. The topological polar surface area (TPSA) is 75.6 Å². The van der Waals surface area contributed by atoms with E-state index >= 15 is 0 Å². The van der Waals surface area contributed by atoms with Crippen molar-refractivity contribution in [1.29, 1.82) is 0 Å². The zero-order chi connectivity index (χ0) is 17.8. The summed E-state index contributed by atoms with van der Waals surface area (Å²) in [5.41, 5.74) is 0.365. The summed E-state index contributed by atoms with van der Waals surface area (Å²) in [6, 6.07) is 15.4. The number of ether oxygens (including phenoxy) is 1. The molecule has 6 heteroatoms. The SMILES string of the molecule is O=C(COC(=O)c1ccc2ccccc2c1O)Nc1ccc(F)cc1. The lowest BCUT2D eigenvalue weighted by Gasteiger charge is -2.09. The van der Waals surface area contributed by atoms with Gasteiger partial charge in [0.1, 0.15) is 17.1 Å². The van der Waals surface area contributed by atoms with E-state index in [4.69, 9.17) is 4.74 Å². The van der Waals surface area contributed by atoms with Gasteiger partial charge in [0, 0.05) is 11.1 Å². The van der Waals surface area contributed by atoms with Crippen LogP contribution in [0.15, 0.2) is 60.7 Å². The molecule has 1 amide bonds. The smallest absolute Gasteiger partial charge is 0.342 e. The standard InChI is InChI=1S/C19H14FNO4/c20-13-6-8-14(9-7-13)21-17(22)11-25-19(24)16-10-5-12-3-1-2-4-15(12)18(16)23/h1-10,23H,11H2,(H,21,22). The Bertz CT molecular complexity index is 938. The summed E-state index contributed by atoms with van der Waals surface area (Å²) in [5.74, 6) is -1.99. The highest BCUT2D eigenvalue weighted by Gasteiger charge is 2.16. The van der Waals surface area contributed by atoms with Gasteiger partial charge in [-0.15, -0.1) is 0 Å². The van der Waals surface area contributed by atoms with Gasteiger partial charge in [0.05, 0.1) is 0 Å². The number of anilines is 1. The van der Waals surface area contributed by atoms with Crippen molar-refractivity contribution in [3.63, 3.8) is 0 Å². The van der Waals surface area contributed by atoms with Crippen LogP contribution >= 0.6 is 0 Å². The Labute approximate surface area is 142 Å². The molecule has 5 nitrogen and oxygen atoms in total. The number of phenols is 1. The normalized spacial score (nSPS) is 10.4. The molecule has 0 aromatic heterocycles. The number of amides is 1. The molecule has 0 aliphatic heterocycles. The minimum atomic E-state index is -0.808. The summed E-state index contributed by atoms with van der Waals surface area (Å²) >= 11 is 0. The van der Waals surface area contributed by atoms with Crippen LogP contribution in [0.25, 0.3) is 10.8 Å². The van der Waals surface area contributed by atoms with Gasteiger partial charge in [-0.25, -0.2) is 9.18 Å². The van der Waals surface area contributed by atoms with E-state index in [1.54, 1.807) is 24.3 Å². The van der Waals surface area contributed by atoms with Crippen LogP contribution in [0.3, 0.4) is 0 Å². The molecular formula is C19H14FNO4. The zero-order valence-electron chi connectivity index (χ0n) is 13.0. The summed E-state index contributed by atoms with van der Waals surface area (Å²) < 4.78 is 17.7. The molecule has 0 fully saturated rings. The van der Waals surface area contributed by atoms with Gasteiger partial charge in [0.25, 0.3) is 5.91 Å². The number of rotatable bonds is 4. The minimum absolute atomic E-state index is 0.0201. The number of aromatic hydroxyl groups is 1. The second kappa shape index (κ2) is 7.00. The molecule has 0 aliphatic rings. The Balaban J connectivity index is 1.65. The van der Waals surface area contributed by atoms with Crippen molar-refractivity contribution < 1.29 is 23.8 Å². The molecule has 0 atom stereocenters. The fourth-order valence-corrected chi connectivity index (χ4v) is 2.36. The predicted molar refractivity (Wildman–Crippen MR) is 90.9 cm³/mol. The number of benzene rings is 3. The Morgan fingerprint density at radius 1 is 1.00 bits per heavy atom. The highest BCUT2D eigenvalue weighted by Crippen LogP contribution is 2.28. The fraction of sp³-hybridized carbons (Fsp3) is 0.0526. The summed E-state index contributed by atoms with van der Waals surface area (Å²) in [6.45, 7) is -0.525. The maximum absolute atomic E-state index is 12.8. The third-order valence-electron chi connectivity index (χ3n) is 3.58. The number of halogens is 1. The first-order chi connectivity index (χ1) is 12.0. The first kappa shape index (κ1) is 16.4. The van der Waals surface area contributed by atoms with Crippen LogP contribution in [0.1, 0.15) is 10.4 Å². The lowest BCUT2D eigenvalue weighted by Crippen LogP contribution is -2.21. The van der Waals surface area contributed by atoms with E-state index in [2.05, 4.69) is 5.32 Å². The number of carbonyl (C=O) groups excluding carboxylic acids is 2. The van der Waals surface area contributed by atoms with Crippen molar-refractivity contribution in [2.24, 2.45) is 0 Å². The van der Waals surface area contributed by atoms with Gasteiger partial charge in [0.15, 0.2) is 6.61 Å². The number of carbonyl (C=O) groups is 2. The molecule has 0 bridgehead atoms. The quantitative estimate of drug-likeness (QED) is 0.714. The van der Waals surface area contributed by atoms with Gasteiger partial charge < -0.3 is 15.2 Å². The predicted octanol–water partition coefficient (Wildman–Crippen LogP) is 3.48. The molecule has 0 spiro atoms. The number of hydrogen-bond acceptors (Lipinski definition) is 4. The van der Waals surface area contributed by atoms with Crippen LogP contribution < -0.4 is 5.32 Å². The molecule has 0 heterocycles. The maximum atomic E-state index is 12.8. The molecule has 3 aromatic carbocycles. The van der Waals surface area contributed by atoms with E-state index in [0.29, 0.717) is 11.1 Å². The van der Waals surface area contributed by atoms with Crippen LogP contribution in [-0.2, 0) is 9.53 Å². The summed E-state index contributed by atoms with van der Waals surface area (Å²) in [6.07, 6.45) is 0. The van der Waals surface area contributed by atoms with E-state index in [0.717, 1.165) is 5.39 Å². The van der Waals surface area contributed by atoms with Gasteiger partial charge in [-0.1, -0.05) is 30.3 Å². The Hall–Kier alpha value is -3.41. The zero-order valence-corrected chi connectivity index (χ0v) is 13.0. The molecule has 0 unspecified atom stereocenters. The van der Waals surface area contributed by atoms with Crippen molar-refractivity contribution in [3.05, 3.63) is 72.0 Å². The molecule has 0 radical (unpaired) electrons. The van der Waals surface area contributed by atoms with Crippen LogP contribution in [0.5, 0.6) is 5.75 Å². The lowest BCUT2D eigenvalue weighted by molar-refractivity contribution is -0.119. The van der Waals surface area contributed by atoms with Crippen LogP contribution in [0.4, 0.5) is 10.1 Å². The molecule has 25 heavy (non-hydrogen) atoms. The number of nitrogens with one attached hydrogen (secondary N) is 1. The number of hydrogen-bond donors (Lipinski definition) is 2. The highest BCUT2D eigenvalue weighted by atomic mass is 19.1. The van der Waals surface area contributed by atoms with Crippen molar-refractivity contribution in [3.8, 4) is 5.75 Å². The van der Waals surface area contributed by atoms with Crippen molar-refractivity contribution in [1.82, 2.24) is 0 Å². The third kappa shape index (κ3) is 3.74. The van der Waals surface area contributed by atoms with Crippen LogP contribution in [-0.4, -0.2) is 23.6 Å². The summed E-state index contributed by atoms with van der Waals surface area (Å²) in [5, 5.41) is 14.0. The molecule has 126 valence electrons. The Morgan fingerprint density at radius 2 is 1.72 bits per heavy atom. The average Bonchev–Trinajstić information content (AvgIpc) is 2.62. The molecular weight excluding hydrogens is 325 g/mol. The Morgan fingerprint density at radius 3 is 2.48 bits per heavy atom. The second-order valence-electron chi connectivity index (χ2n) is 5.31. The maximum Gasteiger partial charge on any atom is 0.342 e. The first-order valence-corrected chi connectivity index (χ1v) is 7.48. The molecule has 3 rings (SSSR count). The highest BCUT2D eigenvalue weighted by molar-refractivity contribution is 6.02. The van der Waals surface area contributed by atoms with E-state index in [1.165, 1.54) is 30.3 Å². The van der Waals surface area contributed by atoms with Gasteiger partial charge in [-0.3, -0.25) is 4.79 Å².